The van der Waals surface area contributed by atoms with E-state index in [2.05, 4.69) is 10.9 Å². The van der Waals surface area contributed by atoms with E-state index in [0.717, 1.165) is 11.3 Å². The maximum atomic E-state index is 11.2. The Bertz CT molecular complexity index is 395. The molecule has 4 nitrogen and oxygen atoms in total. The van der Waals surface area contributed by atoms with Crippen molar-refractivity contribution in [3.05, 3.63) is 34.9 Å². The zero-order chi connectivity index (χ0) is 12.7. The first-order valence-corrected chi connectivity index (χ1v) is 6.49. The number of carbonyl (C=O) groups is 2. The number of carbonyl (C=O) groups excluding carboxylic acids is 2. The van der Waals surface area contributed by atoms with E-state index in [-0.39, 0.29) is 11.8 Å². The lowest BCUT2D eigenvalue weighted by molar-refractivity contribution is -0.126. The van der Waals surface area contributed by atoms with E-state index < -0.39 is 0 Å². The summed E-state index contributed by atoms with van der Waals surface area (Å²) in [5.74, 6) is 0.508. The number of amides is 2. The molecule has 0 aliphatic heterocycles. The maximum Gasteiger partial charge on any atom is 0.248 e. The third kappa shape index (κ3) is 6.19. The van der Waals surface area contributed by atoms with Gasteiger partial charge in [-0.1, -0.05) is 23.7 Å². The van der Waals surface area contributed by atoms with Crippen molar-refractivity contribution >= 4 is 35.2 Å². The molecule has 1 rings (SSSR count). The summed E-state index contributed by atoms with van der Waals surface area (Å²) in [5.41, 5.74) is 5.63. The Morgan fingerprint density at radius 2 is 1.88 bits per heavy atom. The molecule has 92 valence electrons. The quantitative estimate of drug-likeness (QED) is 0.821. The Labute approximate surface area is 109 Å². The van der Waals surface area contributed by atoms with E-state index in [1.165, 1.54) is 18.7 Å². The van der Waals surface area contributed by atoms with Gasteiger partial charge < -0.3 is 0 Å². The lowest BCUT2D eigenvalue weighted by Crippen LogP contribution is -2.41. The molecule has 0 spiro atoms. The molecule has 0 radical (unpaired) electrons. The minimum absolute atomic E-state index is 0.223. The second-order valence-electron chi connectivity index (χ2n) is 3.35. The van der Waals surface area contributed by atoms with Crippen LogP contribution in [0.2, 0.25) is 5.02 Å². The fourth-order valence-corrected chi connectivity index (χ4v) is 1.95. The molecule has 0 heterocycles. The van der Waals surface area contributed by atoms with Gasteiger partial charge in [0, 0.05) is 17.7 Å². The van der Waals surface area contributed by atoms with Gasteiger partial charge in [-0.3, -0.25) is 20.4 Å². The van der Waals surface area contributed by atoms with Crippen molar-refractivity contribution < 1.29 is 9.59 Å². The molecule has 2 N–H and O–H groups in total. The molecule has 0 aliphatic carbocycles. The predicted molar refractivity (Wildman–Crippen MR) is 69.6 cm³/mol. The first kappa shape index (κ1) is 13.9. The fourth-order valence-electron chi connectivity index (χ4n) is 1.04. The fraction of sp³-hybridized carbons (Fsp3) is 0.273. The van der Waals surface area contributed by atoms with E-state index >= 15 is 0 Å². The lowest BCUT2D eigenvalue weighted by Gasteiger charge is -2.05. The number of hydrogen-bond donors (Lipinski definition) is 2. The molecule has 0 bridgehead atoms. The first-order valence-electron chi connectivity index (χ1n) is 4.95. The molecule has 0 saturated heterocycles. The van der Waals surface area contributed by atoms with Crippen LogP contribution >= 0.6 is 23.4 Å². The van der Waals surface area contributed by atoms with Crippen molar-refractivity contribution in [2.75, 3.05) is 5.75 Å². The van der Waals surface area contributed by atoms with Crippen molar-refractivity contribution in [2.24, 2.45) is 0 Å². The van der Waals surface area contributed by atoms with Crippen LogP contribution in [0, 0.1) is 0 Å². The number of rotatable bonds is 4. The van der Waals surface area contributed by atoms with Gasteiger partial charge in [-0.05, 0) is 17.7 Å². The molecule has 1 aromatic carbocycles. The summed E-state index contributed by atoms with van der Waals surface area (Å²) in [7, 11) is 0. The molecule has 0 fully saturated rings. The summed E-state index contributed by atoms with van der Waals surface area (Å²) < 4.78 is 0. The van der Waals surface area contributed by atoms with E-state index in [0.29, 0.717) is 10.8 Å². The lowest BCUT2D eigenvalue weighted by atomic mass is 10.2. The van der Waals surface area contributed by atoms with Crippen molar-refractivity contribution in [3.63, 3.8) is 0 Å². The molecule has 0 saturated carbocycles. The van der Waals surface area contributed by atoms with Gasteiger partial charge in [0.15, 0.2) is 0 Å². The highest BCUT2D eigenvalue weighted by atomic mass is 35.5. The standard InChI is InChI=1S/C11H13ClN2O2S/c1-8(15)13-14-11(16)7-17-6-9-2-4-10(12)5-3-9/h2-5H,6-7H2,1H3,(H,13,15)(H,14,16). The predicted octanol–water partition coefficient (Wildman–Crippen LogP) is 1.74. The van der Waals surface area contributed by atoms with Crippen molar-refractivity contribution in [3.8, 4) is 0 Å². The molecule has 2 amide bonds. The topological polar surface area (TPSA) is 58.2 Å². The zero-order valence-corrected chi connectivity index (χ0v) is 10.9. The molecular formula is C11H13ClN2O2S. The van der Waals surface area contributed by atoms with Crippen molar-refractivity contribution in [2.45, 2.75) is 12.7 Å². The normalized spacial score (nSPS) is 9.76. The number of halogens is 1. The number of benzene rings is 1. The summed E-state index contributed by atoms with van der Waals surface area (Å²) in [6.07, 6.45) is 0. The molecule has 1 aromatic rings. The van der Waals surface area contributed by atoms with E-state index in [1.54, 1.807) is 0 Å². The second-order valence-corrected chi connectivity index (χ2v) is 4.77. The molecule has 17 heavy (non-hydrogen) atoms. The Kier molecular flexibility index (Phi) is 5.86. The van der Waals surface area contributed by atoms with Crippen molar-refractivity contribution in [1.29, 1.82) is 0 Å². The Morgan fingerprint density at radius 1 is 1.24 bits per heavy atom. The van der Waals surface area contributed by atoms with Crippen LogP contribution in [0.1, 0.15) is 12.5 Å². The second kappa shape index (κ2) is 7.19. The Balaban J connectivity index is 2.21. The number of nitrogens with one attached hydrogen (secondary N) is 2. The van der Waals surface area contributed by atoms with Crippen LogP contribution in [0.3, 0.4) is 0 Å². The monoisotopic (exact) mass is 272 g/mol. The SMILES string of the molecule is CC(=O)NNC(=O)CSCc1ccc(Cl)cc1. The summed E-state index contributed by atoms with van der Waals surface area (Å²) >= 11 is 7.22. The first-order chi connectivity index (χ1) is 8.08. The van der Waals surface area contributed by atoms with Gasteiger partial charge in [0.05, 0.1) is 5.75 Å². The highest BCUT2D eigenvalue weighted by Gasteiger charge is 2.02. The van der Waals surface area contributed by atoms with Crippen LogP contribution in [-0.2, 0) is 15.3 Å². The smallest absolute Gasteiger partial charge is 0.248 e. The Morgan fingerprint density at radius 3 is 2.47 bits per heavy atom. The molecule has 6 heteroatoms. The summed E-state index contributed by atoms with van der Waals surface area (Å²) in [4.78, 5) is 21.8. The van der Waals surface area contributed by atoms with Gasteiger partial charge in [0.25, 0.3) is 0 Å². The summed E-state index contributed by atoms with van der Waals surface area (Å²) in [6.45, 7) is 1.33. The van der Waals surface area contributed by atoms with E-state index in [9.17, 15) is 9.59 Å². The van der Waals surface area contributed by atoms with Gasteiger partial charge >= 0.3 is 0 Å². The van der Waals surface area contributed by atoms with Gasteiger partial charge in [0.2, 0.25) is 11.8 Å². The minimum atomic E-state index is -0.291. The third-order valence-corrected chi connectivity index (χ3v) is 3.05. The van der Waals surface area contributed by atoms with Gasteiger partial charge in [-0.25, -0.2) is 0 Å². The summed E-state index contributed by atoms with van der Waals surface area (Å²) in [5, 5.41) is 0.696. The minimum Gasteiger partial charge on any atom is -0.274 e. The third-order valence-electron chi connectivity index (χ3n) is 1.79. The van der Waals surface area contributed by atoms with Crippen LogP contribution in [-0.4, -0.2) is 17.6 Å². The van der Waals surface area contributed by atoms with Crippen LogP contribution in [0.5, 0.6) is 0 Å². The zero-order valence-electron chi connectivity index (χ0n) is 9.33. The van der Waals surface area contributed by atoms with Crippen LogP contribution in [0.4, 0.5) is 0 Å². The highest BCUT2D eigenvalue weighted by molar-refractivity contribution is 7.99. The van der Waals surface area contributed by atoms with Gasteiger partial charge in [0.1, 0.15) is 0 Å². The molecule has 0 aliphatic rings. The van der Waals surface area contributed by atoms with Crippen LogP contribution < -0.4 is 10.9 Å². The largest absolute Gasteiger partial charge is 0.274 e. The summed E-state index contributed by atoms with van der Waals surface area (Å²) in [6, 6.07) is 7.46. The van der Waals surface area contributed by atoms with E-state index in [4.69, 9.17) is 11.6 Å². The van der Waals surface area contributed by atoms with Crippen LogP contribution in [0.25, 0.3) is 0 Å². The highest BCUT2D eigenvalue weighted by Crippen LogP contribution is 2.15. The van der Waals surface area contributed by atoms with E-state index in [1.807, 2.05) is 24.3 Å². The molecule has 0 unspecified atom stereocenters. The number of thioether (sulfide) groups is 1. The average Bonchev–Trinajstić information content (AvgIpc) is 2.29. The van der Waals surface area contributed by atoms with Gasteiger partial charge in [-0.15, -0.1) is 11.8 Å². The number of hydrogen-bond acceptors (Lipinski definition) is 3. The molecule has 0 aromatic heterocycles. The molecular weight excluding hydrogens is 260 g/mol. The number of hydrazine groups is 1. The van der Waals surface area contributed by atoms with Crippen molar-refractivity contribution in [1.82, 2.24) is 10.9 Å². The van der Waals surface area contributed by atoms with Gasteiger partial charge in [-0.2, -0.15) is 0 Å². The van der Waals surface area contributed by atoms with Crippen LogP contribution in [0.15, 0.2) is 24.3 Å². The Hall–Kier alpha value is -1.20. The maximum absolute atomic E-state index is 11.2. The average molecular weight is 273 g/mol. The molecule has 0 atom stereocenters.